The second-order valence-electron chi connectivity index (χ2n) is 3.04. The van der Waals surface area contributed by atoms with Crippen molar-refractivity contribution >= 4 is 11.8 Å². The van der Waals surface area contributed by atoms with Crippen LogP contribution in [-0.2, 0) is 0 Å². The van der Waals surface area contributed by atoms with Crippen molar-refractivity contribution in [2.45, 2.75) is 10.1 Å². The lowest BCUT2D eigenvalue weighted by atomic mass is 10.3. The van der Waals surface area contributed by atoms with E-state index in [-0.39, 0.29) is 5.25 Å². The Morgan fingerprint density at radius 1 is 1.33 bits per heavy atom. The van der Waals surface area contributed by atoms with E-state index in [4.69, 9.17) is 10.2 Å². The lowest BCUT2D eigenvalue weighted by molar-refractivity contribution is 0.507. The summed E-state index contributed by atoms with van der Waals surface area (Å²) in [7, 11) is 0. The zero-order chi connectivity index (χ0) is 10.5. The van der Waals surface area contributed by atoms with Crippen molar-refractivity contribution < 1.29 is 4.42 Å². The number of furan rings is 1. The fourth-order valence-corrected chi connectivity index (χ4v) is 2.23. The van der Waals surface area contributed by atoms with E-state index < -0.39 is 0 Å². The van der Waals surface area contributed by atoms with Gasteiger partial charge in [0.1, 0.15) is 5.76 Å². The molecule has 78 valence electrons. The van der Waals surface area contributed by atoms with E-state index >= 15 is 0 Å². The third kappa shape index (κ3) is 2.61. The van der Waals surface area contributed by atoms with Crippen LogP contribution in [0.4, 0.5) is 0 Å². The van der Waals surface area contributed by atoms with E-state index in [9.17, 15) is 0 Å². The molecule has 0 radical (unpaired) electrons. The van der Waals surface area contributed by atoms with Gasteiger partial charge in [-0.25, -0.2) is 0 Å². The Labute approximate surface area is 92.7 Å². The molecule has 0 aliphatic carbocycles. The summed E-state index contributed by atoms with van der Waals surface area (Å²) >= 11 is 1.69. The summed E-state index contributed by atoms with van der Waals surface area (Å²) in [4.78, 5) is 5.12. The summed E-state index contributed by atoms with van der Waals surface area (Å²) in [6.45, 7) is 0.556. The van der Waals surface area contributed by atoms with Crippen molar-refractivity contribution in [3.63, 3.8) is 0 Å². The fourth-order valence-electron chi connectivity index (χ4n) is 1.28. The second kappa shape index (κ2) is 5.00. The molecule has 0 aliphatic rings. The van der Waals surface area contributed by atoms with Crippen molar-refractivity contribution in [3.05, 3.63) is 48.7 Å². The minimum Gasteiger partial charge on any atom is -0.468 e. The molecule has 0 saturated heterocycles. The maximum absolute atomic E-state index is 5.72. The molecule has 4 heteroatoms. The average molecular weight is 220 g/mol. The molecule has 2 rings (SSSR count). The highest BCUT2D eigenvalue weighted by Gasteiger charge is 2.13. The molecule has 2 heterocycles. The van der Waals surface area contributed by atoms with Gasteiger partial charge >= 0.3 is 0 Å². The van der Waals surface area contributed by atoms with Gasteiger partial charge in [0.2, 0.25) is 0 Å². The maximum Gasteiger partial charge on any atom is 0.118 e. The molecule has 15 heavy (non-hydrogen) atoms. The summed E-state index contributed by atoms with van der Waals surface area (Å²) in [6, 6.07) is 7.77. The van der Waals surface area contributed by atoms with Crippen molar-refractivity contribution in [3.8, 4) is 0 Å². The van der Waals surface area contributed by atoms with Crippen LogP contribution in [0.15, 0.2) is 52.2 Å². The monoisotopic (exact) mass is 220 g/mol. The van der Waals surface area contributed by atoms with Crippen LogP contribution in [0.3, 0.4) is 0 Å². The standard InChI is InChI=1S/C11H12N2OS/c12-8-11(10-2-1-7-14-10)15-9-3-5-13-6-4-9/h1-7,11H,8,12H2. The number of nitrogens with two attached hydrogens (primary N) is 1. The predicted octanol–water partition coefficient (Wildman–Crippen LogP) is 2.47. The Balaban J connectivity index is 2.10. The van der Waals surface area contributed by atoms with Gasteiger partial charge in [0.15, 0.2) is 0 Å². The van der Waals surface area contributed by atoms with Crippen LogP contribution in [0.2, 0.25) is 0 Å². The van der Waals surface area contributed by atoms with Crippen LogP contribution < -0.4 is 5.73 Å². The van der Waals surface area contributed by atoms with Gasteiger partial charge in [-0.2, -0.15) is 0 Å². The predicted molar refractivity (Wildman–Crippen MR) is 60.6 cm³/mol. The molecule has 3 nitrogen and oxygen atoms in total. The number of aromatic nitrogens is 1. The molecule has 1 unspecified atom stereocenters. The molecule has 2 aromatic rings. The highest BCUT2D eigenvalue weighted by atomic mass is 32.2. The van der Waals surface area contributed by atoms with Crippen molar-refractivity contribution in [1.29, 1.82) is 0 Å². The molecule has 0 bridgehead atoms. The lowest BCUT2D eigenvalue weighted by Crippen LogP contribution is -2.08. The summed E-state index contributed by atoms with van der Waals surface area (Å²) in [6.07, 6.45) is 5.22. The van der Waals surface area contributed by atoms with Gasteiger partial charge in [0, 0.05) is 23.8 Å². The normalized spacial score (nSPS) is 12.6. The molecule has 0 fully saturated rings. The number of nitrogens with zero attached hydrogens (tertiary/aromatic N) is 1. The van der Waals surface area contributed by atoms with Crippen molar-refractivity contribution in [2.24, 2.45) is 5.73 Å². The topological polar surface area (TPSA) is 52.0 Å². The average Bonchev–Trinajstić information content (AvgIpc) is 2.81. The van der Waals surface area contributed by atoms with Gasteiger partial charge in [0.25, 0.3) is 0 Å². The summed E-state index contributed by atoms with van der Waals surface area (Å²) in [5, 5.41) is 0.169. The van der Waals surface area contributed by atoms with Gasteiger partial charge < -0.3 is 10.2 Å². The van der Waals surface area contributed by atoms with Crippen LogP contribution in [0.5, 0.6) is 0 Å². The first kappa shape index (κ1) is 10.3. The zero-order valence-corrected chi connectivity index (χ0v) is 8.98. The van der Waals surface area contributed by atoms with E-state index in [2.05, 4.69) is 4.98 Å². The molecule has 2 aromatic heterocycles. The first-order valence-electron chi connectivity index (χ1n) is 4.70. The Kier molecular flexibility index (Phi) is 3.42. The number of thioether (sulfide) groups is 1. The Hall–Kier alpha value is -1.26. The van der Waals surface area contributed by atoms with E-state index in [0.717, 1.165) is 10.7 Å². The number of pyridine rings is 1. The smallest absolute Gasteiger partial charge is 0.118 e. The van der Waals surface area contributed by atoms with Gasteiger partial charge in [-0.3, -0.25) is 4.98 Å². The number of hydrogen-bond acceptors (Lipinski definition) is 4. The van der Waals surface area contributed by atoms with Crippen LogP contribution in [0.1, 0.15) is 11.0 Å². The van der Waals surface area contributed by atoms with Gasteiger partial charge in [0.05, 0.1) is 11.5 Å². The molecule has 2 N–H and O–H groups in total. The van der Waals surface area contributed by atoms with Crippen LogP contribution in [-0.4, -0.2) is 11.5 Å². The number of hydrogen-bond donors (Lipinski definition) is 1. The van der Waals surface area contributed by atoms with Gasteiger partial charge in [-0.1, -0.05) is 0 Å². The van der Waals surface area contributed by atoms with Crippen LogP contribution in [0.25, 0.3) is 0 Å². The third-order valence-corrected chi connectivity index (χ3v) is 3.26. The minimum absolute atomic E-state index is 0.169. The van der Waals surface area contributed by atoms with Gasteiger partial charge in [-0.05, 0) is 24.3 Å². The summed E-state index contributed by atoms with van der Waals surface area (Å²) < 4.78 is 5.34. The molecule has 0 aliphatic heterocycles. The largest absolute Gasteiger partial charge is 0.468 e. The van der Waals surface area contributed by atoms with E-state index in [1.54, 1.807) is 30.4 Å². The molecule has 1 atom stereocenters. The quantitative estimate of drug-likeness (QED) is 0.804. The van der Waals surface area contributed by atoms with Crippen LogP contribution in [0, 0.1) is 0 Å². The van der Waals surface area contributed by atoms with Crippen molar-refractivity contribution in [1.82, 2.24) is 4.98 Å². The molecular formula is C11H12N2OS. The molecule has 0 amide bonds. The maximum atomic E-state index is 5.72. The van der Waals surface area contributed by atoms with Gasteiger partial charge in [-0.15, -0.1) is 11.8 Å². The molecule has 0 spiro atoms. The van der Waals surface area contributed by atoms with Crippen molar-refractivity contribution in [2.75, 3.05) is 6.54 Å². The number of rotatable bonds is 4. The molecular weight excluding hydrogens is 208 g/mol. The Morgan fingerprint density at radius 3 is 2.73 bits per heavy atom. The SMILES string of the molecule is NCC(Sc1ccncc1)c1ccco1. The highest BCUT2D eigenvalue weighted by molar-refractivity contribution is 7.99. The first-order chi connectivity index (χ1) is 7.40. The van der Waals surface area contributed by atoms with E-state index in [1.807, 2.05) is 24.3 Å². The first-order valence-corrected chi connectivity index (χ1v) is 5.58. The summed E-state index contributed by atoms with van der Waals surface area (Å²) in [5.41, 5.74) is 5.72. The fraction of sp³-hybridized carbons (Fsp3) is 0.182. The summed E-state index contributed by atoms with van der Waals surface area (Å²) in [5.74, 6) is 0.916. The second-order valence-corrected chi connectivity index (χ2v) is 4.32. The molecule has 0 saturated carbocycles. The Morgan fingerprint density at radius 2 is 2.13 bits per heavy atom. The zero-order valence-electron chi connectivity index (χ0n) is 8.17. The third-order valence-electron chi connectivity index (χ3n) is 2.00. The highest BCUT2D eigenvalue weighted by Crippen LogP contribution is 2.33. The lowest BCUT2D eigenvalue weighted by Gasteiger charge is -2.10. The minimum atomic E-state index is 0.169. The van der Waals surface area contributed by atoms with E-state index in [0.29, 0.717) is 6.54 Å². The van der Waals surface area contributed by atoms with E-state index in [1.165, 1.54) is 0 Å². The van der Waals surface area contributed by atoms with Crippen LogP contribution >= 0.6 is 11.8 Å². The Bertz CT molecular complexity index is 388. The molecule has 0 aromatic carbocycles.